The van der Waals surface area contributed by atoms with Gasteiger partial charge in [-0.15, -0.1) is 0 Å². The summed E-state index contributed by atoms with van der Waals surface area (Å²) in [5.41, 5.74) is -1.18. The van der Waals surface area contributed by atoms with E-state index < -0.39 is 17.6 Å². The van der Waals surface area contributed by atoms with Crippen molar-refractivity contribution in [3.05, 3.63) is 35.1 Å². The highest BCUT2D eigenvalue weighted by atomic mass is 19.4. The minimum absolute atomic E-state index is 0.0948. The molecule has 1 rings (SSSR count). The van der Waals surface area contributed by atoms with E-state index in [1.165, 1.54) is 0 Å². The van der Waals surface area contributed by atoms with Crippen LogP contribution in [0.15, 0.2) is 18.2 Å². The number of alkyl halides is 3. The highest BCUT2D eigenvalue weighted by Gasteiger charge is 2.31. The molecule has 0 spiro atoms. The second kappa shape index (κ2) is 4.67. The summed E-state index contributed by atoms with van der Waals surface area (Å²) in [7, 11) is 0. The summed E-state index contributed by atoms with van der Waals surface area (Å²) in [6.45, 7) is 0. The lowest BCUT2D eigenvalue weighted by atomic mass is 10.1. The first-order valence-corrected chi connectivity index (χ1v) is 4.17. The lowest BCUT2D eigenvalue weighted by Crippen LogP contribution is -2.05. The quantitative estimate of drug-likeness (QED) is 0.493. The van der Waals surface area contributed by atoms with E-state index in [9.17, 15) is 17.6 Å². The zero-order valence-electron chi connectivity index (χ0n) is 7.90. The molecule has 0 N–H and O–H groups in total. The minimum Gasteiger partial charge on any atom is -0.207 e. The Labute approximate surface area is 89.3 Å². The summed E-state index contributed by atoms with van der Waals surface area (Å²) in [5, 5.41) is 8.18. The summed E-state index contributed by atoms with van der Waals surface area (Å²) in [6, 6.07) is 3.74. The Balaban J connectivity index is 3.11. The van der Waals surface area contributed by atoms with Gasteiger partial charge in [0.05, 0.1) is 18.1 Å². The molecule has 1 nitrogen and oxygen atoms in total. The van der Waals surface area contributed by atoms with Gasteiger partial charge in [-0.05, 0) is 18.2 Å². The SMILES string of the molecule is N#CCC#Cc1cc(F)cc(C(F)(F)F)c1. The van der Waals surface area contributed by atoms with Gasteiger partial charge in [0.1, 0.15) is 5.82 Å². The van der Waals surface area contributed by atoms with E-state index in [0.29, 0.717) is 6.07 Å². The van der Waals surface area contributed by atoms with E-state index in [1.54, 1.807) is 6.07 Å². The molecule has 0 atom stereocenters. The number of halogens is 4. The fourth-order valence-corrected chi connectivity index (χ4v) is 1.01. The lowest BCUT2D eigenvalue weighted by molar-refractivity contribution is -0.137. The van der Waals surface area contributed by atoms with Gasteiger partial charge in [0.2, 0.25) is 0 Å². The zero-order chi connectivity index (χ0) is 12.2. The summed E-state index contributed by atoms with van der Waals surface area (Å²) >= 11 is 0. The van der Waals surface area contributed by atoms with Crippen molar-refractivity contribution in [1.82, 2.24) is 0 Å². The third-order valence-corrected chi connectivity index (χ3v) is 1.63. The van der Waals surface area contributed by atoms with E-state index >= 15 is 0 Å². The smallest absolute Gasteiger partial charge is 0.207 e. The summed E-state index contributed by atoms with van der Waals surface area (Å²) < 4.78 is 49.6. The molecule has 82 valence electrons. The van der Waals surface area contributed by atoms with Gasteiger partial charge in [0.15, 0.2) is 0 Å². The molecule has 0 radical (unpaired) electrons. The lowest BCUT2D eigenvalue weighted by Gasteiger charge is -2.06. The first-order valence-electron chi connectivity index (χ1n) is 4.17. The van der Waals surface area contributed by atoms with Crippen LogP contribution in [0.5, 0.6) is 0 Å². The predicted octanol–water partition coefficient (Wildman–Crippen LogP) is 3.11. The van der Waals surface area contributed by atoms with Gasteiger partial charge in [-0.3, -0.25) is 0 Å². The van der Waals surface area contributed by atoms with E-state index in [4.69, 9.17) is 5.26 Å². The summed E-state index contributed by atoms with van der Waals surface area (Å²) in [5.74, 6) is 3.59. The first kappa shape index (κ1) is 12.1. The number of nitrogens with zero attached hydrogens (tertiary/aromatic N) is 1. The first-order chi connectivity index (χ1) is 7.43. The fraction of sp³-hybridized carbons (Fsp3) is 0.182. The average Bonchev–Trinajstić information content (AvgIpc) is 2.16. The van der Waals surface area contributed by atoms with Crippen molar-refractivity contribution in [3.63, 3.8) is 0 Å². The molecule has 0 aliphatic rings. The van der Waals surface area contributed by atoms with Gasteiger partial charge in [0.25, 0.3) is 0 Å². The van der Waals surface area contributed by atoms with Crippen molar-refractivity contribution in [2.75, 3.05) is 0 Å². The second-order valence-corrected chi connectivity index (χ2v) is 2.86. The van der Waals surface area contributed by atoms with Crippen molar-refractivity contribution in [3.8, 4) is 17.9 Å². The van der Waals surface area contributed by atoms with Gasteiger partial charge in [-0.2, -0.15) is 18.4 Å². The van der Waals surface area contributed by atoms with E-state index in [1.807, 2.05) is 0 Å². The molecule has 16 heavy (non-hydrogen) atoms. The molecule has 0 unspecified atom stereocenters. The van der Waals surface area contributed by atoms with Crippen LogP contribution in [-0.4, -0.2) is 0 Å². The van der Waals surface area contributed by atoms with E-state index in [0.717, 1.165) is 12.1 Å². The van der Waals surface area contributed by atoms with Crippen molar-refractivity contribution in [2.45, 2.75) is 12.6 Å². The standard InChI is InChI=1S/C11H5F4N/c12-10-6-8(3-1-2-4-16)5-9(7-10)11(13,14)15/h5-7H,2H2. The van der Waals surface area contributed by atoms with Crippen LogP contribution >= 0.6 is 0 Å². The van der Waals surface area contributed by atoms with Crippen LogP contribution in [0.2, 0.25) is 0 Å². The van der Waals surface area contributed by atoms with Crippen molar-refractivity contribution in [2.24, 2.45) is 0 Å². The normalized spacial score (nSPS) is 10.2. The molecule has 0 saturated heterocycles. The zero-order valence-corrected chi connectivity index (χ0v) is 7.90. The van der Waals surface area contributed by atoms with E-state index in [2.05, 4.69) is 11.8 Å². The topological polar surface area (TPSA) is 23.8 Å². The maximum absolute atomic E-state index is 12.8. The highest BCUT2D eigenvalue weighted by Crippen LogP contribution is 2.30. The Bertz CT molecular complexity index is 485. The Kier molecular flexibility index (Phi) is 3.52. The van der Waals surface area contributed by atoms with Crippen molar-refractivity contribution < 1.29 is 17.6 Å². The maximum atomic E-state index is 12.8. The molecule has 0 saturated carbocycles. The average molecular weight is 227 g/mol. The molecule has 0 aliphatic carbocycles. The molecule has 0 heterocycles. The molecular formula is C11H5F4N. The summed E-state index contributed by atoms with van der Waals surface area (Å²) in [6.07, 6.45) is -4.72. The Hall–Kier alpha value is -2.01. The molecule has 0 amide bonds. The molecule has 1 aromatic carbocycles. The van der Waals surface area contributed by atoms with Crippen LogP contribution in [-0.2, 0) is 6.18 Å². The van der Waals surface area contributed by atoms with Gasteiger partial charge < -0.3 is 0 Å². The van der Waals surface area contributed by atoms with Crippen molar-refractivity contribution >= 4 is 0 Å². The molecule has 5 heteroatoms. The molecule has 0 aromatic heterocycles. The monoisotopic (exact) mass is 227 g/mol. The molecular weight excluding hydrogens is 222 g/mol. The molecule has 0 fully saturated rings. The van der Waals surface area contributed by atoms with Crippen LogP contribution in [0.3, 0.4) is 0 Å². The molecule has 1 aromatic rings. The third kappa shape index (κ3) is 3.29. The van der Waals surface area contributed by atoms with Crippen LogP contribution < -0.4 is 0 Å². The Morgan fingerprint density at radius 3 is 2.44 bits per heavy atom. The number of nitriles is 1. The predicted molar refractivity (Wildman–Crippen MR) is 48.5 cm³/mol. The minimum atomic E-state index is -4.60. The van der Waals surface area contributed by atoms with Crippen molar-refractivity contribution in [1.29, 1.82) is 5.26 Å². The van der Waals surface area contributed by atoms with Gasteiger partial charge in [0, 0.05) is 5.56 Å². The number of hydrogen-bond acceptors (Lipinski definition) is 1. The fourth-order valence-electron chi connectivity index (χ4n) is 1.01. The Morgan fingerprint density at radius 1 is 1.19 bits per heavy atom. The largest absolute Gasteiger partial charge is 0.416 e. The number of rotatable bonds is 0. The Morgan fingerprint density at radius 2 is 1.88 bits per heavy atom. The van der Waals surface area contributed by atoms with E-state index in [-0.39, 0.29) is 12.0 Å². The number of benzene rings is 1. The van der Waals surface area contributed by atoms with Crippen LogP contribution in [0.25, 0.3) is 0 Å². The molecule has 0 bridgehead atoms. The maximum Gasteiger partial charge on any atom is 0.416 e. The summed E-state index contributed by atoms with van der Waals surface area (Å²) in [4.78, 5) is 0. The molecule has 0 aliphatic heterocycles. The number of hydrogen-bond donors (Lipinski definition) is 0. The van der Waals surface area contributed by atoms with Gasteiger partial charge in [-0.1, -0.05) is 11.8 Å². The van der Waals surface area contributed by atoms with Gasteiger partial charge >= 0.3 is 6.18 Å². The van der Waals surface area contributed by atoms with Crippen LogP contribution in [0, 0.1) is 29.0 Å². The highest BCUT2D eigenvalue weighted by molar-refractivity contribution is 5.39. The third-order valence-electron chi connectivity index (χ3n) is 1.63. The van der Waals surface area contributed by atoms with Crippen LogP contribution in [0.1, 0.15) is 17.5 Å². The van der Waals surface area contributed by atoms with Gasteiger partial charge in [-0.25, -0.2) is 4.39 Å². The van der Waals surface area contributed by atoms with Crippen LogP contribution in [0.4, 0.5) is 17.6 Å². The second-order valence-electron chi connectivity index (χ2n) is 2.86.